The lowest BCUT2D eigenvalue weighted by atomic mass is 10.2. The first kappa shape index (κ1) is 11.1. The first-order valence-electron chi connectivity index (χ1n) is 5.50. The molecule has 0 atom stereocenters. The number of hydrogen-bond donors (Lipinski definition) is 0. The van der Waals surface area contributed by atoms with Crippen LogP contribution in [0.25, 0.3) is 6.08 Å². The summed E-state index contributed by atoms with van der Waals surface area (Å²) in [6, 6.07) is 8.50. The highest BCUT2D eigenvalue weighted by Crippen LogP contribution is 2.13. The molecule has 0 radical (unpaired) electrons. The molecule has 15 heavy (non-hydrogen) atoms. The summed E-state index contributed by atoms with van der Waals surface area (Å²) in [5.41, 5.74) is 1.33. The quantitative estimate of drug-likeness (QED) is 0.773. The molecule has 0 bridgehead atoms. The Bertz CT molecular complexity index is 340. The molecular weight excluding hydrogens is 297 g/mol. The van der Waals surface area contributed by atoms with Crippen LogP contribution in [0.2, 0.25) is 0 Å². The van der Waals surface area contributed by atoms with Crippen molar-refractivity contribution in [1.82, 2.24) is 4.90 Å². The second kappa shape index (κ2) is 5.66. The van der Waals surface area contributed by atoms with Crippen LogP contribution in [-0.4, -0.2) is 24.5 Å². The average Bonchev–Trinajstić information content (AvgIpc) is 2.74. The Morgan fingerprint density at radius 3 is 2.67 bits per heavy atom. The molecule has 1 fully saturated rings. The first-order chi connectivity index (χ1) is 7.36. The van der Waals surface area contributed by atoms with Crippen LogP contribution in [0, 0.1) is 3.57 Å². The molecule has 1 nitrogen and oxygen atoms in total. The highest BCUT2D eigenvalue weighted by Gasteiger charge is 2.08. The van der Waals surface area contributed by atoms with Crippen LogP contribution in [0.15, 0.2) is 30.3 Å². The number of nitrogens with zero attached hydrogens (tertiary/aromatic N) is 1. The monoisotopic (exact) mass is 313 g/mol. The number of likely N-dealkylation sites (tertiary alicyclic amines) is 1. The second-order valence-corrected chi connectivity index (χ2v) is 5.09. The van der Waals surface area contributed by atoms with Crippen molar-refractivity contribution >= 4 is 28.7 Å². The van der Waals surface area contributed by atoms with Gasteiger partial charge in [-0.05, 0) is 60.2 Å². The van der Waals surface area contributed by atoms with E-state index in [1.807, 2.05) is 0 Å². The zero-order chi connectivity index (χ0) is 10.5. The van der Waals surface area contributed by atoms with Crippen LogP contribution in [-0.2, 0) is 0 Å². The standard InChI is InChI=1S/C13H16IN/c14-13-8-2-1-6-12(13)7-5-11-15-9-3-4-10-15/h1-2,5-8H,3-4,9-11H2/b7-5+. The van der Waals surface area contributed by atoms with Crippen molar-refractivity contribution in [2.24, 2.45) is 0 Å². The highest BCUT2D eigenvalue weighted by atomic mass is 127. The summed E-state index contributed by atoms with van der Waals surface area (Å²) in [6.07, 6.45) is 7.26. The van der Waals surface area contributed by atoms with Gasteiger partial charge < -0.3 is 0 Å². The second-order valence-electron chi connectivity index (χ2n) is 3.93. The number of rotatable bonds is 3. The lowest BCUT2D eigenvalue weighted by Crippen LogP contribution is -2.18. The van der Waals surface area contributed by atoms with Gasteiger partial charge in [0.15, 0.2) is 0 Å². The molecule has 0 spiro atoms. The molecule has 1 saturated heterocycles. The molecule has 1 aliphatic rings. The van der Waals surface area contributed by atoms with Crippen molar-refractivity contribution in [3.05, 3.63) is 39.5 Å². The van der Waals surface area contributed by atoms with E-state index in [1.165, 1.54) is 35.1 Å². The van der Waals surface area contributed by atoms with Crippen molar-refractivity contribution in [3.8, 4) is 0 Å². The molecule has 0 N–H and O–H groups in total. The molecule has 0 saturated carbocycles. The molecule has 1 heterocycles. The minimum Gasteiger partial charge on any atom is -0.300 e. The van der Waals surface area contributed by atoms with Gasteiger partial charge in [-0.3, -0.25) is 4.90 Å². The maximum Gasteiger partial charge on any atom is 0.0202 e. The van der Waals surface area contributed by atoms with Crippen LogP contribution in [0.3, 0.4) is 0 Å². The Balaban J connectivity index is 1.90. The Hall–Kier alpha value is -0.350. The van der Waals surface area contributed by atoms with Crippen LogP contribution in [0.1, 0.15) is 18.4 Å². The van der Waals surface area contributed by atoms with E-state index in [0.717, 1.165) is 6.54 Å². The minimum atomic E-state index is 1.10. The number of benzene rings is 1. The van der Waals surface area contributed by atoms with E-state index >= 15 is 0 Å². The van der Waals surface area contributed by atoms with E-state index in [1.54, 1.807) is 0 Å². The molecule has 80 valence electrons. The van der Waals surface area contributed by atoms with Crippen molar-refractivity contribution in [3.63, 3.8) is 0 Å². The zero-order valence-electron chi connectivity index (χ0n) is 8.82. The normalized spacial score (nSPS) is 17.7. The van der Waals surface area contributed by atoms with Gasteiger partial charge in [-0.25, -0.2) is 0 Å². The molecular formula is C13H16IN. The summed E-state index contributed by atoms with van der Waals surface area (Å²) < 4.78 is 1.33. The molecule has 1 aromatic carbocycles. The molecule has 2 heteroatoms. The third-order valence-electron chi connectivity index (χ3n) is 2.76. The Kier molecular flexibility index (Phi) is 4.20. The van der Waals surface area contributed by atoms with Crippen molar-refractivity contribution in [2.75, 3.05) is 19.6 Å². The zero-order valence-corrected chi connectivity index (χ0v) is 11.0. The summed E-state index contributed by atoms with van der Waals surface area (Å²) in [5.74, 6) is 0. The molecule has 0 aromatic heterocycles. The highest BCUT2D eigenvalue weighted by molar-refractivity contribution is 14.1. The van der Waals surface area contributed by atoms with E-state index in [0.29, 0.717) is 0 Å². The Morgan fingerprint density at radius 2 is 1.93 bits per heavy atom. The van der Waals surface area contributed by atoms with E-state index in [9.17, 15) is 0 Å². The predicted octanol–water partition coefficient (Wildman–Crippen LogP) is 3.40. The molecule has 0 aliphatic carbocycles. The molecule has 1 aromatic rings. The molecule has 1 aliphatic heterocycles. The summed E-state index contributed by atoms with van der Waals surface area (Å²) >= 11 is 2.38. The smallest absolute Gasteiger partial charge is 0.0202 e. The lowest BCUT2D eigenvalue weighted by Gasteiger charge is -2.10. The van der Waals surface area contributed by atoms with Crippen LogP contribution < -0.4 is 0 Å². The van der Waals surface area contributed by atoms with Gasteiger partial charge in [-0.1, -0.05) is 30.4 Å². The first-order valence-corrected chi connectivity index (χ1v) is 6.57. The van der Waals surface area contributed by atoms with Gasteiger partial charge in [0.2, 0.25) is 0 Å². The fourth-order valence-corrected chi connectivity index (χ4v) is 2.47. The number of hydrogen-bond acceptors (Lipinski definition) is 1. The Morgan fingerprint density at radius 1 is 1.20 bits per heavy atom. The molecule has 2 rings (SSSR count). The third-order valence-corrected chi connectivity index (χ3v) is 3.75. The van der Waals surface area contributed by atoms with Crippen molar-refractivity contribution in [2.45, 2.75) is 12.8 Å². The summed E-state index contributed by atoms with van der Waals surface area (Å²) in [4.78, 5) is 2.51. The lowest BCUT2D eigenvalue weighted by molar-refractivity contribution is 0.378. The Labute approximate surface area is 105 Å². The molecule has 0 amide bonds. The van der Waals surface area contributed by atoms with Crippen LogP contribution in [0.5, 0.6) is 0 Å². The fraction of sp³-hybridized carbons (Fsp3) is 0.385. The van der Waals surface area contributed by atoms with Crippen molar-refractivity contribution < 1.29 is 0 Å². The summed E-state index contributed by atoms with van der Waals surface area (Å²) in [7, 11) is 0. The largest absolute Gasteiger partial charge is 0.300 e. The van der Waals surface area contributed by atoms with Gasteiger partial charge in [0.05, 0.1) is 0 Å². The average molecular weight is 313 g/mol. The topological polar surface area (TPSA) is 3.24 Å². The van der Waals surface area contributed by atoms with E-state index in [-0.39, 0.29) is 0 Å². The SMILES string of the molecule is Ic1ccccc1/C=C/CN1CCCC1. The fourth-order valence-electron chi connectivity index (χ4n) is 1.90. The van der Waals surface area contributed by atoms with E-state index in [4.69, 9.17) is 0 Å². The third kappa shape index (κ3) is 3.31. The van der Waals surface area contributed by atoms with E-state index < -0.39 is 0 Å². The van der Waals surface area contributed by atoms with Gasteiger partial charge in [-0.2, -0.15) is 0 Å². The maximum atomic E-state index is 2.51. The summed E-state index contributed by atoms with van der Waals surface area (Å²) in [5, 5.41) is 0. The summed E-state index contributed by atoms with van der Waals surface area (Å²) in [6.45, 7) is 3.65. The maximum absolute atomic E-state index is 2.51. The predicted molar refractivity (Wildman–Crippen MR) is 73.9 cm³/mol. The molecule has 0 unspecified atom stereocenters. The number of halogens is 1. The van der Waals surface area contributed by atoms with Crippen molar-refractivity contribution in [1.29, 1.82) is 0 Å². The van der Waals surface area contributed by atoms with Gasteiger partial charge >= 0.3 is 0 Å². The van der Waals surface area contributed by atoms with Crippen LogP contribution >= 0.6 is 22.6 Å². The van der Waals surface area contributed by atoms with Crippen LogP contribution in [0.4, 0.5) is 0 Å². The van der Waals surface area contributed by atoms with Gasteiger partial charge in [0.25, 0.3) is 0 Å². The minimum absolute atomic E-state index is 1.10. The van der Waals surface area contributed by atoms with E-state index in [2.05, 4.69) is 63.9 Å². The van der Waals surface area contributed by atoms with Gasteiger partial charge in [-0.15, -0.1) is 0 Å². The van der Waals surface area contributed by atoms with Gasteiger partial charge in [0.1, 0.15) is 0 Å². The van der Waals surface area contributed by atoms with Gasteiger partial charge in [0, 0.05) is 10.1 Å².